The predicted octanol–water partition coefficient (Wildman–Crippen LogP) is 4.56. The summed E-state index contributed by atoms with van der Waals surface area (Å²) in [4.78, 5) is 34.3. The lowest BCUT2D eigenvalue weighted by Crippen LogP contribution is -2.71. The number of ether oxygens (including phenoxy) is 1. The van der Waals surface area contributed by atoms with Crippen molar-refractivity contribution in [1.82, 2.24) is 20.0 Å². The number of alkyl halides is 1. The lowest BCUT2D eigenvalue weighted by atomic mass is 9.63. The highest BCUT2D eigenvalue weighted by Gasteiger charge is 2.60. The molecule has 3 saturated carbocycles. The molecule has 1 amide bonds. The molecule has 0 spiro atoms. The van der Waals surface area contributed by atoms with Crippen molar-refractivity contribution in [3.8, 4) is 0 Å². The quantitative estimate of drug-likeness (QED) is 0.299. The van der Waals surface area contributed by atoms with Gasteiger partial charge in [-0.15, -0.1) is 0 Å². The van der Waals surface area contributed by atoms with Crippen molar-refractivity contribution in [3.05, 3.63) is 11.8 Å². The van der Waals surface area contributed by atoms with Crippen molar-refractivity contribution in [2.24, 2.45) is 23.7 Å². The van der Waals surface area contributed by atoms with Crippen LogP contribution in [0.1, 0.15) is 89.9 Å². The van der Waals surface area contributed by atoms with E-state index < -0.39 is 12.1 Å². The molecule has 6 rings (SSSR count). The third-order valence-electron chi connectivity index (χ3n) is 11.9. The molecule has 3 aliphatic heterocycles. The molecule has 42 heavy (non-hydrogen) atoms. The maximum atomic E-state index is 16.2. The summed E-state index contributed by atoms with van der Waals surface area (Å²) in [5, 5.41) is 3.02. The fourth-order valence-electron chi connectivity index (χ4n) is 9.73. The van der Waals surface area contributed by atoms with E-state index in [1.54, 1.807) is 0 Å². The number of fused-ring (bicyclic) bond motifs is 4. The van der Waals surface area contributed by atoms with Gasteiger partial charge in [0.1, 0.15) is 6.17 Å². The number of amides is 1. The van der Waals surface area contributed by atoms with Crippen molar-refractivity contribution >= 4 is 11.7 Å². The molecule has 0 bridgehead atoms. The SMILES string of the molecule is CN(C)CCCCNC(=O)C1=CN2C3CCC4CCCCC4C3OC3C(CCCC4CCCN4C)C(F)CC(C1=O)C32. The number of halogens is 1. The van der Waals surface area contributed by atoms with Crippen LogP contribution in [0.4, 0.5) is 4.39 Å². The summed E-state index contributed by atoms with van der Waals surface area (Å²) in [7, 11) is 6.31. The summed E-state index contributed by atoms with van der Waals surface area (Å²) >= 11 is 0. The van der Waals surface area contributed by atoms with Gasteiger partial charge in [-0.05, 0) is 110 Å². The first kappa shape index (κ1) is 30.5. The lowest BCUT2D eigenvalue weighted by Gasteiger charge is -2.61. The van der Waals surface area contributed by atoms with E-state index in [9.17, 15) is 9.59 Å². The van der Waals surface area contributed by atoms with Gasteiger partial charge in [0, 0.05) is 30.6 Å². The van der Waals surface area contributed by atoms with Crippen LogP contribution in [0, 0.1) is 23.7 Å². The van der Waals surface area contributed by atoms with Crippen LogP contribution < -0.4 is 5.32 Å². The number of carbonyl (C=O) groups is 2. The smallest absolute Gasteiger partial charge is 0.256 e. The average Bonchev–Trinajstić information content (AvgIpc) is 3.39. The summed E-state index contributed by atoms with van der Waals surface area (Å²) in [5.41, 5.74) is 0.240. The second-order valence-corrected chi connectivity index (χ2v) is 14.8. The zero-order valence-electron chi connectivity index (χ0n) is 26.3. The highest BCUT2D eigenvalue weighted by molar-refractivity contribution is 6.20. The number of morpholine rings is 1. The minimum atomic E-state index is -1.07. The number of nitrogens with zero attached hydrogens (tertiary/aromatic N) is 3. The highest BCUT2D eigenvalue weighted by Crippen LogP contribution is 2.52. The second-order valence-electron chi connectivity index (χ2n) is 14.8. The average molecular weight is 587 g/mol. The molecule has 0 aromatic rings. The Kier molecular flexibility index (Phi) is 9.61. The van der Waals surface area contributed by atoms with Gasteiger partial charge in [-0.1, -0.05) is 25.7 Å². The number of hydrogen-bond acceptors (Lipinski definition) is 6. The van der Waals surface area contributed by atoms with Gasteiger partial charge in [0.25, 0.3) is 5.91 Å². The van der Waals surface area contributed by atoms with Crippen LogP contribution in [-0.2, 0) is 14.3 Å². The van der Waals surface area contributed by atoms with E-state index in [0.717, 1.165) is 51.6 Å². The monoisotopic (exact) mass is 586 g/mol. The fourth-order valence-corrected chi connectivity index (χ4v) is 9.73. The van der Waals surface area contributed by atoms with Gasteiger partial charge in [-0.2, -0.15) is 0 Å². The standard InChI is InChI=1S/C34H55FN4O3/c1-37(2)18-7-6-17-36-34(41)27-21-39-29-16-15-22-10-4-5-13-24(22)32(29)42-33-25(14-8-11-23-12-9-19-38(23)3)28(35)20-26(30(33)39)31(27)40/h21-26,28-30,32-33H,4-20H2,1-3H3,(H,36,41). The molecule has 10 atom stereocenters. The van der Waals surface area contributed by atoms with Crippen molar-refractivity contribution in [3.63, 3.8) is 0 Å². The molecule has 236 valence electrons. The summed E-state index contributed by atoms with van der Waals surface area (Å²) < 4.78 is 23.3. The molecule has 10 unspecified atom stereocenters. The molecule has 6 aliphatic rings. The molecule has 2 saturated heterocycles. The lowest BCUT2D eigenvalue weighted by molar-refractivity contribution is -0.230. The molecule has 8 heteroatoms. The normalized spacial score (nSPS) is 39.9. The number of Topliss-reactive ketones (excluding diaryl/α,β-unsaturated/α-hetero) is 1. The first-order valence-electron chi connectivity index (χ1n) is 17.3. The Balaban J connectivity index is 1.23. The van der Waals surface area contributed by atoms with Crippen LogP contribution in [-0.4, -0.2) is 104 Å². The van der Waals surface area contributed by atoms with E-state index in [1.165, 1.54) is 44.9 Å². The number of rotatable bonds is 10. The van der Waals surface area contributed by atoms with Gasteiger partial charge in [-0.25, -0.2) is 4.39 Å². The number of hydrogen-bond donors (Lipinski definition) is 1. The zero-order chi connectivity index (χ0) is 29.4. The molecule has 7 nitrogen and oxygen atoms in total. The Labute approximate surface area is 252 Å². The van der Waals surface area contributed by atoms with Gasteiger partial charge in [0.15, 0.2) is 5.78 Å². The molecule has 0 aromatic carbocycles. The van der Waals surface area contributed by atoms with Crippen LogP contribution >= 0.6 is 0 Å². The Morgan fingerprint density at radius 1 is 1.05 bits per heavy atom. The minimum absolute atomic E-state index is 0.0690. The van der Waals surface area contributed by atoms with Crippen LogP contribution in [0.3, 0.4) is 0 Å². The van der Waals surface area contributed by atoms with Crippen molar-refractivity contribution < 1.29 is 18.7 Å². The molecular weight excluding hydrogens is 531 g/mol. The van der Waals surface area contributed by atoms with E-state index in [1.807, 2.05) is 20.3 Å². The molecule has 0 radical (unpaired) electrons. The minimum Gasteiger partial charge on any atom is -0.370 e. The Morgan fingerprint density at radius 2 is 1.88 bits per heavy atom. The van der Waals surface area contributed by atoms with E-state index in [-0.39, 0.29) is 53.9 Å². The molecular formula is C34H55FN4O3. The van der Waals surface area contributed by atoms with E-state index >= 15 is 4.39 Å². The maximum Gasteiger partial charge on any atom is 0.256 e. The number of unbranched alkanes of at least 4 members (excludes halogenated alkanes) is 1. The Bertz CT molecular complexity index is 1010. The van der Waals surface area contributed by atoms with Gasteiger partial charge in [0.05, 0.1) is 29.9 Å². The first-order chi connectivity index (χ1) is 20.3. The number of ketones is 1. The molecule has 0 aromatic heterocycles. The molecule has 3 aliphatic carbocycles. The Morgan fingerprint density at radius 3 is 2.67 bits per heavy atom. The topological polar surface area (TPSA) is 65.1 Å². The predicted molar refractivity (Wildman–Crippen MR) is 163 cm³/mol. The van der Waals surface area contributed by atoms with E-state index in [4.69, 9.17) is 4.74 Å². The maximum absolute atomic E-state index is 16.2. The van der Waals surface area contributed by atoms with Crippen LogP contribution in [0.5, 0.6) is 0 Å². The van der Waals surface area contributed by atoms with Crippen molar-refractivity contribution in [1.29, 1.82) is 0 Å². The summed E-state index contributed by atoms with van der Waals surface area (Å²) in [6.45, 7) is 2.69. The van der Waals surface area contributed by atoms with Gasteiger partial charge < -0.3 is 24.8 Å². The second kappa shape index (κ2) is 13.2. The number of carbonyl (C=O) groups excluding carboxylic acids is 2. The van der Waals surface area contributed by atoms with Crippen molar-refractivity contribution in [2.75, 3.05) is 40.8 Å². The van der Waals surface area contributed by atoms with Crippen LogP contribution in [0.25, 0.3) is 0 Å². The number of likely N-dealkylation sites (tertiary alicyclic amines) is 1. The first-order valence-corrected chi connectivity index (χ1v) is 17.3. The summed E-state index contributed by atoms with van der Waals surface area (Å²) in [6, 6.07) is 0.631. The largest absolute Gasteiger partial charge is 0.370 e. The molecule has 1 N–H and O–H groups in total. The van der Waals surface area contributed by atoms with Crippen LogP contribution in [0.2, 0.25) is 0 Å². The third kappa shape index (κ3) is 6.06. The van der Waals surface area contributed by atoms with Gasteiger partial charge in [0.2, 0.25) is 0 Å². The third-order valence-corrected chi connectivity index (χ3v) is 11.9. The van der Waals surface area contributed by atoms with E-state index in [2.05, 4.69) is 27.1 Å². The summed E-state index contributed by atoms with van der Waals surface area (Å²) in [6.07, 6.45) is 15.3. The van der Waals surface area contributed by atoms with Gasteiger partial charge >= 0.3 is 0 Å². The van der Waals surface area contributed by atoms with Gasteiger partial charge in [-0.3, -0.25) is 9.59 Å². The van der Waals surface area contributed by atoms with E-state index in [0.29, 0.717) is 24.4 Å². The van der Waals surface area contributed by atoms with Crippen LogP contribution in [0.15, 0.2) is 11.8 Å². The summed E-state index contributed by atoms with van der Waals surface area (Å²) in [5.74, 6) is 0.0467. The van der Waals surface area contributed by atoms with Crippen molar-refractivity contribution in [2.45, 2.75) is 126 Å². The highest BCUT2D eigenvalue weighted by atomic mass is 19.1. The zero-order valence-corrected chi connectivity index (χ0v) is 26.3. The fraction of sp³-hybridized carbons (Fsp3) is 0.882. The Hall–Kier alpha value is -1.51. The molecule has 5 fully saturated rings. The molecule has 3 heterocycles. The number of nitrogens with one attached hydrogen (secondary N) is 1.